The number of amides is 2. The zero-order valence-electron chi connectivity index (χ0n) is 11.0. The molecule has 0 aromatic carbocycles. The molecule has 6 heteroatoms. The lowest BCUT2D eigenvalue weighted by molar-refractivity contribution is -0.129. The van der Waals surface area contributed by atoms with E-state index in [0.717, 1.165) is 0 Å². The van der Waals surface area contributed by atoms with Crippen LogP contribution < -0.4 is 5.32 Å². The Labute approximate surface area is 107 Å². The second-order valence-corrected chi connectivity index (χ2v) is 4.66. The number of hydrogen-bond donors (Lipinski definition) is 2. The Morgan fingerprint density at radius 2 is 2.39 bits per heavy atom. The Morgan fingerprint density at radius 3 is 3.00 bits per heavy atom. The summed E-state index contributed by atoms with van der Waals surface area (Å²) in [5.74, 6) is -0.380. The van der Waals surface area contributed by atoms with Crippen LogP contribution >= 0.6 is 0 Å². The number of aliphatic hydroxyl groups excluding tert-OH is 1. The van der Waals surface area contributed by atoms with Gasteiger partial charge in [-0.3, -0.25) is 9.59 Å². The molecule has 1 aliphatic heterocycles. The molecule has 2 amide bonds. The molecule has 1 saturated heterocycles. The predicted molar refractivity (Wildman–Crippen MR) is 65.9 cm³/mol. The fourth-order valence-electron chi connectivity index (χ4n) is 1.91. The van der Waals surface area contributed by atoms with Crippen molar-refractivity contribution in [1.82, 2.24) is 10.2 Å². The van der Waals surface area contributed by atoms with Gasteiger partial charge >= 0.3 is 0 Å². The maximum absolute atomic E-state index is 11.8. The number of likely N-dealkylation sites (tertiary alicyclic amines) is 1. The summed E-state index contributed by atoms with van der Waals surface area (Å²) in [6.07, 6.45) is 0.373. The monoisotopic (exact) mass is 258 g/mol. The van der Waals surface area contributed by atoms with Gasteiger partial charge in [0.25, 0.3) is 0 Å². The van der Waals surface area contributed by atoms with Gasteiger partial charge < -0.3 is 20.1 Å². The summed E-state index contributed by atoms with van der Waals surface area (Å²) >= 11 is 0. The molecule has 2 unspecified atom stereocenters. The number of methoxy groups -OCH3 is 1. The first kappa shape index (κ1) is 14.9. The topological polar surface area (TPSA) is 78.9 Å². The molecule has 1 aliphatic rings. The van der Waals surface area contributed by atoms with Crippen LogP contribution in [0.2, 0.25) is 0 Å². The van der Waals surface area contributed by atoms with Crippen LogP contribution in [0.25, 0.3) is 0 Å². The molecular formula is C12H22N2O4. The number of nitrogens with one attached hydrogen (secondary N) is 1. The summed E-state index contributed by atoms with van der Waals surface area (Å²) in [6.45, 7) is 3.61. The van der Waals surface area contributed by atoms with Gasteiger partial charge in [0.15, 0.2) is 0 Å². The van der Waals surface area contributed by atoms with E-state index < -0.39 is 6.10 Å². The molecular weight excluding hydrogens is 236 g/mol. The van der Waals surface area contributed by atoms with E-state index in [1.165, 1.54) is 0 Å². The van der Waals surface area contributed by atoms with Crippen LogP contribution in [0.3, 0.4) is 0 Å². The molecule has 2 atom stereocenters. The van der Waals surface area contributed by atoms with Gasteiger partial charge in [0.2, 0.25) is 11.8 Å². The highest BCUT2D eigenvalue weighted by molar-refractivity contribution is 5.89. The van der Waals surface area contributed by atoms with Crippen LogP contribution in [-0.4, -0.2) is 61.3 Å². The van der Waals surface area contributed by atoms with Gasteiger partial charge in [0.05, 0.1) is 18.6 Å². The van der Waals surface area contributed by atoms with Crippen LogP contribution in [0, 0.1) is 5.92 Å². The quantitative estimate of drug-likeness (QED) is 0.637. The van der Waals surface area contributed by atoms with Gasteiger partial charge in [-0.15, -0.1) is 0 Å². The Morgan fingerprint density at radius 1 is 1.67 bits per heavy atom. The first-order valence-corrected chi connectivity index (χ1v) is 6.27. The number of carbonyl (C=O) groups is 2. The van der Waals surface area contributed by atoms with E-state index in [2.05, 4.69) is 5.32 Å². The summed E-state index contributed by atoms with van der Waals surface area (Å²) < 4.78 is 4.92. The molecule has 0 bridgehead atoms. The fourth-order valence-corrected chi connectivity index (χ4v) is 1.91. The van der Waals surface area contributed by atoms with Crippen molar-refractivity contribution in [3.63, 3.8) is 0 Å². The van der Waals surface area contributed by atoms with Gasteiger partial charge in [-0.2, -0.15) is 0 Å². The number of aliphatic hydroxyl groups is 1. The highest BCUT2D eigenvalue weighted by atomic mass is 16.5. The van der Waals surface area contributed by atoms with Crippen molar-refractivity contribution < 1.29 is 19.4 Å². The second-order valence-electron chi connectivity index (χ2n) is 4.66. The molecule has 0 radical (unpaired) electrons. The minimum absolute atomic E-state index is 0.00252. The van der Waals surface area contributed by atoms with Gasteiger partial charge in [-0.1, -0.05) is 0 Å². The molecule has 1 heterocycles. The molecule has 0 aromatic rings. The van der Waals surface area contributed by atoms with E-state index in [1.54, 1.807) is 18.9 Å². The SMILES string of the molecule is COCCN1CC(C(=O)NCCC(C)O)CC1=O. The van der Waals surface area contributed by atoms with Crippen LogP contribution in [0.5, 0.6) is 0 Å². The summed E-state index contributed by atoms with van der Waals surface area (Å²) in [6, 6.07) is 0. The molecule has 0 aliphatic carbocycles. The normalized spacial score (nSPS) is 21.2. The molecule has 0 aromatic heterocycles. The Bertz CT molecular complexity index is 294. The minimum atomic E-state index is -0.422. The molecule has 1 fully saturated rings. The third-order valence-corrected chi connectivity index (χ3v) is 3.01. The summed E-state index contributed by atoms with van der Waals surface area (Å²) in [5, 5.41) is 11.8. The Hall–Kier alpha value is -1.14. The maximum Gasteiger partial charge on any atom is 0.225 e. The number of nitrogens with zero attached hydrogens (tertiary/aromatic N) is 1. The molecule has 104 valence electrons. The average molecular weight is 258 g/mol. The van der Waals surface area contributed by atoms with E-state index in [4.69, 9.17) is 9.84 Å². The molecule has 0 spiro atoms. The average Bonchev–Trinajstić information content (AvgIpc) is 2.67. The van der Waals surface area contributed by atoms with E-state index in [1.807, 2.05) is 0 Å². The van der Waals surface area contributed by atoms with Crippen molar-refractivity contribution in [1.29, 1.82) is 0 Å². The highest BCUT2D eigenvalue weighted by Gasteiger charge is 2.33. The van der Waals surface area contributed by atoms with Crippen molar-refractivity contribution in [2.75, 3.05) is 33.4 Å². The van der Waals surface area contributed by atoms with Crippen molar-refractivity contribution in [2.24, 2.45) is 5.92 Å². The molecule has 18 heavy (non-hydrogen) atoms. The van der Waals surface area contributed by atoms with E-state index in [-0.39, 0.29) is 24.2 Å². The largest absolute Gasteiger partial charge is 0.393 e. The molecule has 6 nitrogen and oxygen atoms in total. The van der Waals surface area contributed by atoms with E-state index in [0.29, 0.717) is 32.7 Å². The van der Waals surface area contributed by atoms with E-state index in [9.17, 15) is 9.59 Å². The number of carbonyl (C=O) groups excluding carboxylic acids is 2. The lowest BCUT2D eigenvalue weighted by atomic mass is 10.1. The number of hydrogen-bond acceptors (Lipinski definition) is 4. The Kier molecular flexibility index (Phi) is 6.07. The van der Waals surface area contributed by atoms with Crippen molar-refractivity contribution >= 4 is 11.8 Å². The molecule has 1 rings (SSSR count). The van der Waals surface area contributed by atoms with Crippen LogP contribution in [0.4, 0.5) is 0 Å². The third-order valence-electron chi connectivity index (χ3n) is 3.01. The first-order valence-electron chi connectivity index (χ1n) is 6.27. The third kappa shape index (κ3) is 4.62. The van der Waals surface area contributed by atoms with Crippen molar-refractivity contribution in [2.45, 2.75) is 25.9 Å². The summed E-state index contributed by atoms with van der Waals surface area (Å²) in [7, 11) is 1.58. The Balaban J connectivity index is 2.30. The van der Waals surface area contributed by atoms with Crippen LogP contribution in [0.15, 0.2) is 0 Å². The van der Waals surface area contributed by atoms with Crippen molar-refractivity contribution in [3.05, 3.63) is 0 Å². The molecule has 2 N–H and O–H groups in total. The maximum atomic E-state index is 11.8. The minimum Gasteiger partial charge on any atom is -0.393 e. The number of ether oxygens (including phenoxy) is 1. The van der Waals surface area contributed by atoms with Crippen molar-refractivity contribution in [3.8, 4) is 0 Å². The first-order chi connectivity index (χ1) is 8.54. The fraction of sp³-hybridized carbons (Fsp3) is 0.833. The zero-order valence-corrected chi connectivity index (χ0v) is 11.0. The van der Waals surface area contributed by atoms with Gasteiger partial charge in [0, 0.05) is 33.2 Å². The van der Waals surface area contributed by atoms with Crippen LogP contribution in [0.1, 0.15) is 19.8 Å². The summed E-state index contributed by atoms with van der Waals surface area (Å²) in [5.41, 5.74) is 0. The standard InChI is InChI=1S/C12H22N2O4/c1-9(15)3-4-13-12(17)10-7-11(16)14(8-10)5-6-18-2/h9-10,15H,3-8H2,1-2H3,(H,13,17). The van der Waals surface area contributed by atoms with Gasteiger partial charge in [0.1, 0.15) is 0 Å². The molecule has 0 saturated carbocycles. The number of rotatable bonds is 7. The lowest BCUT2D eigenvalue weighted by Gasteiger charge is -2.15. The van der Waals surface area contributed by atoms with E-state index >= 15 is 0 Å². The lowest BCUT2D eigenvalue weighted by Crippen LogP contribution is -2.35. The predicted octanol–water partition coefficient (Wildman–Crippen LogP) is -0.632. The highest BCUT2D eigenvalue weighted by Crippen LogP contribution is 2.17. The van der Waals surface area contributed by atoms with Gasteiger partial charge in [-0.25, -0.2) is 0 Å². The zero-order chi connectivity index (χ0) is 13.5. The summed E-state index contributed by atoms with van der Waals surface area (Å²) in [4.78, 5) is 25.1. The van der Waals surface area contributed by atoms with Gasteiger partial charge in [-0.05, 0) is 13.3 Å². The second kappa shape index (κ2) is 7.33. The smallest absolute Gasteiger partial charge is 0.225 e. The van der Waals surface area contributed by atoms with Crippen LogP contribution in [-0.2, 0) is 14.3 Å².